The summed E-state index contributed by atoms with van der Waals surface area (Å²) in [6.45, 7) is 5.15. The molecule has 0 bridgehead atoms. The van der Waals surface area contributed by atoms with Gasteiger partial charge in [-0.1, -0.05) is 0 Å². The van der Waals surface area contributed by atoms with Crippen LogP contribution in [-0.2, 0) is 11.2 Å². The summed E-state index contributed by atoms with van der Waals surface area (Å²) in [5.74, 6) is 0.201. The zero-order chi connectivity index (χ0) is 17.9. The molecule has 26 heavy (non-hydrogen) atoms. The predicted octanol–water partition coefficient (Wildman–Crippen LogP) is 2.35. The maximum absolute atomic E-state index is 13.5. The third kappa shape index (κ3) is 3.62. The Hall–Kier alpha value is -1.92. The summed E-state index contributed by atoms with van der Waals surface area (Å²) in [5, 5.41) is 3.41. The first-order valence-electron chi connectivity index (χ1n) is 9.62. The fourth-order valence-corrected chi connectivity index (χ4v) is 4.13. The van der Waals surface area contributed by atoms with Crippen LogP contribution in [0.15, 0.2) is 34.6 Å². The maximum atomic E-state index is 13.5. The van der Waals surface area contributed by atoms with Crippen LogP contribution in [0, 0.1) is 11.7 Å². The minimum absolute atomic E-state index is 0.194. The van der Waals surface area contributed by atoms with Gasteiger partial charge in [-0.15, -0.1) is 0 Å². The molecule has 140 valence electrons. The van der Waals surface area contributed by atoms with E-state index in [1.165, 1.54) is 6.07 Å². The third-order valence-corrected chi connectivity index (χ3v) is 5.58. The molecule has 3 N–H and O–H groups in total. The fourth-order valence-electron chi connectivity index (χ4n) is 4.13. The topological polar surface area (TPSA) is 62.9 Å². The lowest BCUT2D eigenvalue weighted by Crippen LogP contribution is -2.41. The number of halogens is 1. The predicted molar refractivity (Wildman–Crippen MR) is 101 cm³/mol. The van der Waals surface area contributed by atoms with E-state index in [-0.39, 0.29) is 5.82 Å². The van der Waals surface area contributed by atoms with Crippen molar-refractivity contribution in [2.45, 2.75) is 25.7 Å². The van der Waals surface area contributed by atoms with Gasteiger partial charge in [0.1, 0.15) is 5.82 Å². The minimum atomic E-state index is -0.194. The number of piperidine rings is 1. The van der Waals surface area contributed by atoms with E-state index in [2.05, 4.69) is 10.2 Å². The highest BCUT2D eigenvalue weighted by atomic mass is 19.1. The number of aliphatic imine (C=N–C) groups is 1. The lowest BCUT2D eigenvalue weighted by Gasteiger charge is -2.36. The van der Waals surface area contributed by atoms with Crippen molar-refractivity contribution in [3.05, 3.63) is 41.0 Å². The molecule has 3 aliphatic heterocycles. The van der Waals surface area contributed by atoms with Crippen LogP contribution in [0.4, 0.5) is 10.1 Å². The van der Waals surface area contributed by atoms with Gasteiger partial charge in [-0.25, -0.2) is 4.39 Å². The molecule has 4 rings (SSSR count). The number of nitrogens with one attached hydrogen (secondary N) is 1. The van der Waals surface area contributed by atoms with Crippen LogP contribution in [0.5, 0.6) is 0 Å². The smallest absolute Gasteiger partial charge is 0.123 e. The molecular weight excluding hydrogens is 331 g/mol. The highest BCUT2D eigenvalue weighted by Gasteiger charge is 2.27. The zero-order valence-corrected chi connectivity index (χ0v) is 15.1. The number of rotatable bonds is 3. The van der Waals surface area contributed by atoms with Crippen LogP contribution in [0.2, 0.25) is 0 Å². The number of ether oxygens (including phenoxy) is 1. The second-order valence-electron chi connectivity index (χ2n) is 7.26. The highest BCUT2D eigenvalue weighted by molar-refractivity contribution is 6.03. The maximum Gasteiger partial charge on any atom is 0.123 e. The Bertz CT molecular complexity index is 719. The summed E-state index contributed by atoms with van der Waals surface area (Å²) in [4.78, 5) is 7.23. The first kappa shape index (κ1) is 17.5. The van der Waals surface area contributed by atoms with E-state index in [1.54, 1.807) is 12.1 Å². The van der Waals surface area contributed by atoms with Crippen molar-refractivity contribution < 1.29 is 9.13 Å². The van der Waals surface area contributed by atoms with Gasteiger partial charge in [-0.2, -0.15) is 0 Å². The van der Waals surface area contributed by atoms with Gasteiger partial charge < -0.3 is 20.7 Å². The molecule has 1 aromatic rings. The molecule has 0 aromatic heterocycles. The van der Waals surface area contributed by atoms with Gasteiger partial charge in [-0.3, -0.25) is 4.99 Å². The van der Waals surface area contributed by atoms with E-state index in [0.717, 1.165) is 93.4 Å². The Morgan fingerprint density at radius 3 is 2.73 bits per heavy atom. The Balaban J connectivity index is 1.71. The van der Waals surface area contributed by atoms with Gasteiger partial charge in [0.25, 0.3) is 0 Å². The highest BCUT2D eigenvalue weighted by Crippen LogP contribution is 2.32. The molecule has 0 aliphatic carbocycles. The molecule has 0 radical (unpaired) electrons. The van der Waals surface area contributed by atoms with E-state index in [0.29, 0.717) is 5.92 Å². The largest absolute Gasteiger partial charge is 0.400 e. The van der Waals surface area contributed by atoms with E-state index in [4.69, 9.17) is 15.5 Å². The number of morpholine rings is 1. The number of nitrogens with two attached hydrogens (primary N) is 1. The molecule has 5 nitrogen and oxygen atoms in total. The monoisotopic (exact) mass is 358 g/mol. The summed E-state index contributed by atoms with van der Waals surface area (Å²) in [6.07, 6.45) is 3.73. The zero-order valence-electron chi connectivity index (χ0n) is 15.1. The Kier molecular flexibility index (Phi) is 5.22. The SMILES string of the molecule is N/C(=C(\C1=Nc2ccc(F)cc2CC1)N1CCOCC1)C1CCNCC1. The molecule has 2 fully saturated rings. The molecule has 3 heterocycles. The van der Waals surface area contributed by atoms with Gasteiger partial charge in [0.05, 0.1) is 30.3 Å². The van der Waals surface area contributed by atoms with Gasteiger partial charge in [0.2, 0.25) is 0 Å². The summed E-state index contributed by atoms with van der Waals surface area (Å²) in [6, 6.07) is 4.87. The number of nitrogens with zero attached hydrogens (tertiary/aromatic N) is 2. The molecule has 0 unspecified atom stereocenters. The third-order valence-electron chi connectivity index (χ3n) is 5.58. The molecule has 3 aliphatic rings. The van der Waals surface area contributed by atoms with Crippen molar-refractivity contribution in [2.24, 2.45) is 16.6 Å². The van der Waals surface area contributed by atoms with E-state index < -0.39 is 0 Å². The second-order valence-corrected chi connectivity index (χ2v) is 7.26. The average Bonchev–Trinajstić information content (AvgIpc) is 2.69. The summed E-state index contributed by atoms with van der Waals surface area (Å²) in [5.41, 5.74) is 11.7. The number of allylic oxidation sites excluding steroid dienone is 2. The van der Waals surface area contributed by atoms with Crippen molar-refractivity contribution >= 4 is 11.4 Å². The van der Waals surface area contributed by atoms with E-state index in [9.17, 15) is 4.39 Å². The number of hydrogen-bond acceptors (Lipinski definition) is 5. The van der Waals surface area contributed by atoms with Crippen molar-refractivity contribution in [3.8, 4) is 0 Å². The van der Waals surface area contributed by atoms with Crippen molar-refractivity contribution in [1.29, 1.82) is 0 Å². The molecule has 0 spiro atoms. The molecular formula is C20H27FN4O. The van der Waals surface area contributed by atoms with Gasteiger partial charge in [0, 0.05) is 24.7 Å². The van der Waals surface area contributed by atoms with Crippen LogP contribution in [-0.4, -0.2) is 50.0 Å². The standard InChI is InChI=1S/C20H27FN4O/c21-16-2-4-17-15(13-16)1-3-18(24-17)20(25-9-11-26-12-10-25)19(22)14-5-7-23-8-6-14/h2,4,13-14,23H,1,3,5-12,22H2/b20-19+. The second kappa shape index (κ2) is 7.76. The molecule has 6 heteroatoms. The van der Waals surface area contributed by atoms with Gasteiger partial charge >= 0.3 is 0 Å². The lowest BCUT2D eigenvalue weighted by atomic mass is 9.90. The molecule has 0 atom stereocenters. The molecule has 0 amide bonds. The van der Waals surface area contributed by atoms with Gasteiger partial charge in [0.15, 0.2) is 0 Å². The van der Waals surface area contributed by atoms with Crippen molar-refractivity contribution in [1.82, 2.24) is 10.2 Å². The summed E-state index contributed by atoms with van der Waals surface area (Å²) >= 11 is 0. The lowest BCUT2D eigenvalue weighted by molar-refractivity contribution is 0.0554. The normalized spacial score (nSPS) is 22.5. The molecule has 0 saturated carbocycles. The Morgan fingerprint density at radius 1 is 1.19 bits per heavy atom. The Morgan fingerprint density at radius 2 is 1.96 bits per heavy atom. The Labute approximate surface area is 154 Å². The van der Waals surface area contributed by atoms with Crippen LogP contribution in [0.3, 0.4) is 0 Å². The van der Waals surface area contributed by atoms with Crippen molar-refractivity contribution in [2.75, 3.05) is 39.4 Å². The first-order chi connectivity index (χ1) is 12.7. The summed E-state index contributed by atoms with van der Waals surface area (Å²) < 4.78 is 19.0. The quantitative estimate of drug-likeness (QED) is 0.871. The van der Waals surface area contributed by atoms with Gasteiger partial charge in [-0.05, 0) is 62.5 Å². The molecule has 1 aromatic carbocycles. The number of benzene rings is 1. The number of aryl methyl sites for hydroxylation is 1. The molecule has 2 saturated heterocycles. The number of fused-ring (bicyclic) bond motifs is 1. The summed E-state index contributed by atoms with van der Waals surface area (Å²) in [7, 11) is 0. The van der Waals surface area contributed by atoms with Crippen LogP contribution < -0.4 is 11.1 Å². The van der Waals surface area contributed by atoms with Crippen molar-refractivity contribution in [3.63, 3.8) is 0 Å². The first-order valence-corrected chi connectivity index (χ1v) is 9.62. The minimum Gasteiger partial charge on any atom is -0.400 e. The van der Waals surface area contributed by atoms with Crippen LogP contribution >= 0.6 is 0 Å². The van der Waals surface area contributed by atoms with E-state index in [1.807, 2.05) is 0 Å². The fraction of sp³-hybridized carbons (Fsp3) is 0.550. The van der Waals surface area contributed by atoms with E-state index >= 15 is 0 Å². The van der Waals surface area contributed by atoms with Crippen LogP contribution in [0.25, 0.3) is 0 Å². The average molecular weight is 358 g/mol. The van der Waals surface area contributed by atoms with Crippen LogP contribution in [0.1, 0.15) is 24.8 Å². The number of hydrogen-bond donors (Lipinski definition) is 2.